The maximum Gasteiger partial charge on any atom is 0.222 e. The second-order valence-corrected chi connectivity index (χ2v) is 7.45. The molecule has 1 aromatic carbocycles. The van der Waals surface area contributed by atoms with Crippen LogP contribution in [0.15, 0.2) is 30.5 Å². The Hall–Kier alpha value is -3.40. The quantitative estimate of drug-likeness (QED) is 0.537. The SMILES string of the molecule is Cc1ccccc1OCCCN(C)C(=O)CCc1c(C)nc2c(C#N)cnn2c1C. The van der Waals surface area contributed by atoms with Crippen molar-refractivity contribution >= 4 is 11.6 Å². The van der Waals surface area contributed by atoms with Gasteiger partial charge in [0.05, 0.1) is 12.8 Å². The topological polar surface area (TPSA) is 83.5 Å². The van der Waals surface area contributed by atoms with Gasteiger partial charge in [-0.15, -0.1) is 0 Å². The number of carbonyl (C=O) groups excluding carboxylic acids is 1. The number of amides is 1. The van der Waals surface area contributed by atoms with Gasteiger partial charge in [0.15, 0.2) is 5.65 Å². The van der Waals surface area contributed by atoms with E-state index in [1.165, 1.54) is 6.20 Å². The molecule has 7 nitrogen and oxygen atoms in total. The summed E-state index contributed by atoms with van der Waals surface area (Å²) in [6.45, 7) is 7.09. The molecule has 0 fully saturated rings. The lowest BCUT2D eigenvalue weighted by atomic mass is 10.1. The van der Waals surface area contributed by atoms with Gasteiger partial charge in [0, 0.05) is 31.4 Å². The Morgan fingerprint density at radius 3 is 2.77 bits per heavy atom. The van der Waals surface area contributed by atoms with Crippen LogP contribution in [0.2, 0.25) is 0 Å². The molecule has 0 aliphatic rings. The third-order valence-corrected chi connectivity index (χ3v) is 5.33. The Morgan fingerprint density at radius 1 is 1.27 bits per heavy atom. The molecule has 7 heteroatoms. The van der Waals surface area contributed by atoms with E-state index in [0.29, 0.717) is 37.2 Å². The third-order valence-electron chi connectivity index (χ3n) is 5.33. The molecule has 2 aromatic heterocycles. The van der Waals surface area contributed by atoms with Crippen molar-refractivity contribution in [1.82, 2.24) is 19.5 Å². The predicted octanol–water partition coefficient (Wildman–Crippen LogP) is 3.39. The number of nitrogens with zero attached hydrogens (tertiary/aromatic N) is 5. The molecule has 1 amide bonds. The number of hydrogen-bond donors (Lipinski definition) is 0. The molecule has 30 heavy (non-hydrogen) atoms. The van der Waals surface area contributed by atoms with Crippen LogP contribution >= 0.6 is 0 Å². The molecular weight excluding hydrogens is 378 g/mol. The Bertz CT molecular complexity index is 1100. The van der Waals surface area contributed by atoms with Crippen molar-refractivity contribution in [2.75, 3.05) is 20.2 Å². The van der Waals surface area contributed by atoms with E-state index < -0.39 is 0 Å². The van der Waals surface area contributed by atoms with Crippen molar-refractivity contribution in [2.24, 2.45) is 0 Å². The van der Waals surface area contributed by atoms with Crippen LogP contribution in [-0.2, 0) is 11.2 Å². The molecule has 0 aliphatic heterocycles. The van der Waals surface area contributed by atoms with E-state index in [9.17, 15) is 10.1 Å². The first-order valence-electron chi connectivity index (χ1n) is 10.1. The Labute approximate surface area is 176 Å². The summed E-state index contributed by atoms with van der Waals surface area (Å²) >= 11 is 0. The first kappa shape index (κ1) is 21.3. The number of benzene rings is 1. The minimum atomic E-state index is 0.0861. The van der Waals surface area contributed by atoms with Gasteiger partial charge in [-0.25, -0.2) is 9.50 Å². The summed E-state index contributed by atoms with van der Waals surface area (Å²) in [5.74, 6) is 0.974. The van der Waals surface area contributed by atoms with Crippen LogP contribution in [0.1, 0.15) is 40.9 Å². The fraction of sp³-hybridized carbons (Fsp3) is 0.391. The molecule has 2 heterocycles. The Morgan fingerprint density at radius 2 is 2.03 bits per heavy atom. The lowest BCUT2D eigenvalue weighted by Gasteiger charge is -2.18. The van der Waals surface area contributed by atoms with E-state index in [2.05, 4.69) is 16.2 Å². The van der Waals surface area contributed by atoms with Crippen LogP contribution in [-0.4, -0.2) is 45.6 Å². The molecule has 0 spiro atoms. The zero-order chi connectivity index (χ0) is 21.7. The van der Waals surface area contributed by atoms with Crippen molar-refractivity contribution in [3.8, 4) is 11.8 Å². The second-order valence-electron chi connectivity index (χ2n) is 7.45. The number of rotatable bonds is 8. The van der Waals surface area contributed by atoms with Crippen LogP contribution < -0.4 is 4.74 Å². The van der Waals surface area contributed by atoms with E-state index in [0.717, 1.165) is 34.7 Å². The van der Waals surface area contributed by atoms with Crippen LogP contribution in [0.3, 0.4) is 0 Å². The number of para-hydroxylation sites is 1. The fourth-order valence-electron chi connectivity index (χ4n) is 3.50. The maximum absolute atomic E-state index is 12.6. The molecule has 0 unspecified atom stereocenters. The van der Waals surface area contributed by atoms with Crippen molar-refractivity contribution in [2.45, 2.75) is 40.0 Å². The number of carbonyl (C=O) groups is 1. The Balaban J connectivity index is 1.52. The average molecular weight is 406 g/mol. The van der Waals surface area contributed by atoms with Gasteiger partial charge in [0.1, 0.15) is 17.4 Å². The number of hydrogen-bond acceptors (Lipinski definition) is 5. The molecule has 0 atom stereocenters. The first-order chi connectivity index (χ1) is 14.4. The van der Waals surface area contributed by atoms with Crippen molar-refractivity contribution in [3.63, 3.8) is 0 Å². The minimum Gasteiger partial charge on any atom is -0.493 e. The van der Waals surface area contributed by atoms with Gasteiger partial charge < -0.3 is 9.64 Å². The average Bonchev–Trinajstić information content (AvgIpc) is 3.14. The zero-order valence-electron chi connectivity index (χ0n) is 18.0. The monoisotopic (exact) mass is 405 g/mol. The van der Waals surface area contributed by atoms with Crippen LogP contribution in [0.4, 0.5) is 0 Å². The molecule has 0 bridgehead atoms. The molecule has 0 aliphatic carbocycles. The minimum absolute atomic E-state index is 0.0861. The highest BCUT2D eigenvalue weighted by molar-refractivity contribution is 5.76. The summed E-state index contributed by atoms with van der Waals surface area (Å²) in [6.07, 6.45) is 3.28. The molecule has 0 N–H and O–H groups in total. The lowest BCUT2D eigenvalue weighted by molar-refractivity contribution is -0.129. The summed E-state index contributed by atoms with van der Waals surface area (Å²) in [5.41, 5.74) is 4.88. The highest BCUT2D eigenvalue weighted by Crippen LogP contribution is 2.19. The summed E-state index contributed by atoms with van der Waals surface area (Å²) in [6, 6.07) is 10.0. The van der Waals surface area contributed by atoms with E-state index in [-0.39, 0.29) is 5.91 Å². The molecule has 3 aromatic rings. The van der Waals surface area contributed by atoms with Crippen molar-refractivity contribution in [3.05, 3.63) is 58.5 Å². The first-order valence-corrected chi connectivity index (χ1v) is 10.1. The lowest BCUT2D eigenvalue weighted by Crippen LogP contribution is -2.29. The van der Waals surface area contributed by atoms with Gasteiger partial charge in [0.25, 0.3) is 0 Å². The normalized spacial score (nSPS) is 10.8. The summed E-state index contributed by atoms with van der Waals surface area (Å²) in [5, 5.41) is 13.4. The smallest absolute Gasteiger partial charge is 0.222 e. The largest absolute Gasteiger partial charge is 0.493 e. The summed E-state index contributed by atoms with van der Waals surface area (Å²) < 4.78 is 7.48. The number of fused-ring (bicyclic) bond motifs is 1. The summed E-state index contributed by atoms with van der Waals surface area (Å²) in [4.78, 5) is 18.8. The molecule has 0 saturated heterocycles. The van der Waals surface area contributed by atoms with Gasteiger partial charge in [-0.3, -0.25) is 4.79 Å². The predicted molar refractivity (Wildman–Crippen MR) is 114 cm³/mol. The van der Waals surface area contributed by atoms with Gasteiger partial charge in [0.2, 0.25) is 5.91 Å². The van der Waals surface area contributed by atoms with E-state index in [4.69, 9.17) is 4.74 Å². The number of nitriles is 1. The van der Waals surface area contributed by atoms with E-state index in [1.807, 2.05) is 52.1 Å². The van der Waals surface area contributed by atoms with Crippen LogP contribution in [0, 0.1) is 32.1 Å². The van der Waals surface area contributed by atoms with Crippen LogP contribution in [0.25, 0.3) is 5.65 Å². The van der Waals surface area contributed by atoms with Gasteiger partial charge >= 0.3 is 0 Å². The molecule has 3 rings (SSSR count). The standard InChI is InChI=1S/C23H27N5O2/c1-16-8-5-6-9-21(16)30-13-7-12-27(4)22(29)11-10-20-17(2)26-23-19(14-24)15-25-28(23)18(20)3/h5-6,8-9,15H,7,10-13H2,1-4H3. The highest BCUT2D eigenvalue weighted by atomic mass is 16.5. The van der Waals surface area contributed by atoms with Gasteiger partial charge in [-0.2, -0.15) is 10.4 Å². The van der Waals surface area contributed by atoms with Crippen LogP contribution in [0.5, 0.6) is 5.75 Å². The molecular formula is C23H27N5O2. The van der Waals surface area contributed by atoms with Crippen molar-refractivity contribution in [1.29, 1.82) is 5.26 Å². The van der Waals surface area contributed by atoms with Crippen molar-refractivity contribution < 1.29 is 9.53 Å². The third kappa shape index (κ3) is 4.60. The Kier molecular flexibility index (Phi) is 6.68. The highest BCUT2D eigenvalue weighted by Gasteiger charge is 2.16. The van der Waals surface area contributed by atoms with Gasteiger partial charge in [-0.1, -0.05) is 18.2 Å². The molecule has 156 valence electrons. The number of ether oxygens (including phenoxy) is 1. The molecule has 0 saturated carbocycles. The zero-order valence-corrected chi connectivity index (χ0v) is 18.0. The maximum atomic E-state index is 12.6. The fourth-order valence-corrected chi connectivity index (χ4v) is 3.50. The van der Waals surface area contributed by atoms with Gasteiger partial charge in [-0.05, 0) is 50.8 Å². The molecule has 0 radical (unpaired) electrons. The number of aromatic nitrogens is 3. The second kappa shape index (κ2) is 9.40. The van der Waals surface area contributed by atoms with E-state index >= 15 is 0 Å². The number of aryl methyl sites for hydroxylation is 3. The van der Waals surface area contributed by atoms with E-state index in [1.54, 1.807) is 9.42 Å². The summed E-state index contributed by atoms with van der Waals surface area (Å²) in [7, 11) is 1.82.